The lowest BCUT2D eigenvalue weighted by Gasteiger charge is -2.44. The standard InChI is InChI=1S/C52H71N5O8Si/c1-7-52(6)50(63)54-43(36-39-27-25-38(26-28-39)29-30-46(59)56-32-34-64-35-33-56)49(62)57-31-17-23-44(57)48(61)53-42(47(60)55-52)22-15-10-16-24-45(58)37(2)65-66(51(3,4)5,40-18-11-8-12-19-40)41-20-13-9-14-21-41/h8-9,11-14,18-21,25-28,37,42-44H,7,10,15-17,22-24,29-36H2,1-6H3,(H,53,61)(H,54,63)(H,55,60)/t37-,42-,43-,44+,52-/m0/s1. The van der Waals surface area contributed by atoms with Crippen molar-refractivity contribution >= 4 is 54.0 Å². The molecule has 14 heteroatoms. The third kappa shape index (κ3) is 12.0. The van der Waals surface area contributed by atoms with Gasteiger partial charge in [0.05, 0.1) is 13.2 Å². The summed E-state index contributed by atoms with van der Waals surface area (Å²) < 4.78 is 12.4. The SMILES string of the molecule is CC[C@]1(C)NC(=O)[C@H](CCCCCC(=O)[C@H](C)O[Si](c2ccccc2)(c2ccccc2)C(C)(C)C)NC(=O)[C@H]2CCCN2C(=O)[C@H](Cc2ccc(CCC(=O)N3CCOCC3)cc2)NC1=O. The van der Waals surface area contributed by atoms with Crippen LogP contribution in [0.15, 0.2) is 84.9 Å². The highest BCUT2D eigenvalue weighted by Gasteiger charge is 2.51. The maximum atomic E-state index is 14.4. The van der Waals surface area contributed by atoms with E-state index in [9.17, 15) is 28.8 Å². The van der Waals surface area contributed by atoms with E-state index in [0.717, 1.165) is 21.5 Å². The molecule has 0 bridgehead atoms. The molecule has 0 radical (unpaired) electrons. The Morgan fingerprint density at radius 1 is 0.803 bits per heavy atom. The van der Waals surface area contributed by atoms with Crippen LogP contribution in [0.4, 0.5) is 0 Å². The molecule has 3 aliphatic rings. The number of amides is 5. The second kappa shape index (κ2) is 22.5. The molecule has 0 spiro atoms. The number of nitrogens with zero attached hydrogens (tertiary/aromatic N) is 2. The van der Waals surface area contributed by atoms with Gasteiger partial charge in [0.1, 0.15) is 29.8 Å². The summed E-state index contributed by atoms with van der Waals surface area (Å²) in [4.78, 5) is 86.4. The van der Waals surface area contributed by atoms with Crippen LogP contribution in [0.3, 0.4) is 0 Å². The Balaban J connectivity index is 1.08. The third-order valence-electron chi connectivity index (χ3n) is 13.8. The lowest BCUT2D eigenvalue weighted by molar-refractivity contribution is -0.144. The molecule has 3 fully saturated rings. The van der Waals surface area contributed by atoms with E-state index in [4.69, 9.17) is 9.16 Å². The number of rotatable bonds is 17. The number of benzene rings is 3. The van der Waals surface area contributed by atoms with E-state index >= 15 is 0 Å². The Bertz CT molecular complexity index is 2100. The first-order chi connectivity index (χ1) is 31.6. The summed E-state index contributed by atoms with van der Waals surface area (Å²) in [5.74, 6) is -1.59. The van der Waals surface area contributed by atoms with Gasteiger partial charge >= 0.3 is 0 Å². The van der Waals surface area contributed by atoms with Crippen LogP contribution in [0.2, 0.25) is 5.04 Å². The zero-order chi connectivity index (χ0) is 47.5. The van der Waals surface area contributed by atoms with Crippen molar-refractivity contribution in [3.8, 4) is 0 Å². The molecular formula is C52H71N5O8Si. The minimum atomic E-state index is -2.93. The molecule has 3 aliphatic heterocycles. The maximum Gasteiger partial charge on any atom is 0.262 e. The number of morpholine rings is 1. The molecule has 5 amide bonds. The lowest BCUT2D eigenvalue weighted by atomic mass is 9.94. The Morgan fingerprint density at radius 2 is 1.42 bits per heavy atom. The molecule has 3 saturated heterocycles. The van der Waals surface area contributed by atoms with E-state index in [-0.39, 0.29) is 35.5 Å². The summed E-state index contributed by atoms with van der Waals surface area (Å²) in [5, 5.41) is 10.8. The minimum Gasteiger partial charge on any atom is -0.398 e. The van der Waals surface area contributed by atoms with Gasteiger partial charge < -0.3 is 34.9 Å². The van der Waals surface area contributed by atoms with Gasteiger partial charge in [0, 0.05) is 38.9 Å². The van der Waals surface area contributed by atoms with E-state index in [2.05, 4.69) is 61.0 Å². The van der Waals surface area contributed by atoms with Crippen molar-refractivity contribution in [2.75, 3.05) is 32.8 Å². The summed E-state index contributed by atoms with van der Waals surface area (Å²) in [6.07, 6.45) is 4.15. The molecule has 0 aromatic heterocycles. The predicted octanol–water partition coefficient (Wildman–Crippen LogP) is 4.76. The van der Waals surface area contributed by atoms with Crippen molar-refractivity contribution in [1.82, 2.24) is 25.8 Å². The number of hydrogen-bond acceptors (Lipinski definition) is 8. The molecule has 3 aromatic carbocycles. The Labute approximate surface area is 392 Å². The van der Waals surface area contributed by atoms with Crippen LogP contribution in [0, 0.1) is 0 Å². The van der Waals surface area contributed by atoms with Crippen molar-refractivity contribution in [3.05, 3.63) is 96.1 Å². The van der Waals surface area contributed by atoms with Crippen molar-refractivity contribution in [2.45, 2.75) is 147 Å². The van der Waals surface area contributed by atoms with E-state index in [1.165, 1.54) is 0 Å². The number of hydrogen-bond donors (Lipinski definition) is 3. The first-order valence-electron chi connectivity index (χ1n) is 24.0. The van der Waals surface area contributed by atoms with Gasteiger partial charge in [-0.3, -0.25) is 28.8 Å². The molecule has 5 atom stereocenters. The molecule has 0 saturated carbocycles. The van der Waals surface area contributed by atoms with Crippen LogP contribution in [-0.2, 0) is 50.8 Å². The van der Waals surface area contributed by atoms with Crippen molar-refractivity contribution in [3.63, 3.8) is 0 Å². The molecule has 356 valence electrons. The third-order valence-corrected chi connectivity index (χ3v) is 18.9. The van der Waals surface area contributed by atoms with Gasteiger partial charge in [-0.05, 0) is 78.9 Å². The summed E-state index contributed by atoms with van der Waals surface area (Å²) in [6, 6.07) is 25.5. The summed E-state index contributed by atoms with van der Waals surface area (Å²) in [7, 11) is -2.93. The molecule has 6 rings (SSSR count). The summed E-state index contributed by atoms with van der Waals surface area (Å²) in [5.41, 5.74) is 0.433. The van der Waals surface area contributed by atoms with Gasteiger partial charge in [-0.15, -0.1) is 0 Å². The highest BCUT2D eigenvalue weighted by atomic mass is 28.4. The van der Waals surface area contributed by atoms with Gasteiger partial charge in [-0.1, -0.05) is 125 Å². The number of Topliss-reactive ketones (excluding diaryl/α,β-unsaturated/α-hetero) is 1. The quantitative estimate of drug-likeness (QED) is 0.129. The number of aryl methyl sites for hydroxylation is 1. The minimum absolute atomic E-state index is 0.0128. The Hall–Kier alpha value is -5.18. The van der Waals surface area contributed by atoms with Gasteiger partial charge in [0.2, 0.25) is 29.5 Å². The Kier molecular flexibility index (Phi) is 17.2. The van der Waals surface area contributed by atoms with Gasteiger partial charge in [-0.25, -0.2) is 0 Å². The average Bonchev–Trinajstić information content (AvgIpc) is 3.82. The van der Waals surface area contributed by atoms with Gasteiger partial charge in [0.15, 0.2) is 5.78 Å². The van der Waals surface area contributed by atoms with Crippen LogP contribution in [0.1, 0.15) is 110 Å². The van der Waals surface area contributed by atoms with Crippen LogP contribution in [-0.4, -0.2) is 116 Å². The molecule has 0 aliphatic carbocycles. The molecular weight excluding hydrogens is 851 g/mol. The van der Waals surface area contributed by atoms with Crippen LogP contribution < -0.4 is 26.3 Å². The van der Waals surface area contributed by atoms with Crippen LogP contribution >= 0.6 is 0 Å². The number of ether oxygens (including phenoxy) is 1. The average molecular weight is 922 g/mol. The summed E-state index contributed by atoms with van der Waals surface area (Å²) in [6.45, 7) is 14.5. The molecule has 3 aromatic rings. The highest BCUT2D eigenvalue weighted by Crippen LogP contribution is 2.38. The second-order valence-electron chi connectivity index (χ2n) is 19.5. The number of unbranched alkanes of at least 4 members (excludes halogenated alkanes) is 2. The van der Waals surface area contributed by atoms with Crippen LogP contribution in [0.25, 0.3) is 0 Å². The van der Waals surface area contributed by atoms with Gasteiger partial charge in [0.25, 0.3) is 8.32 Å². The zero-order valence-electron chi connectivity index (χ0n) is 39.9. The fourth-order valence-corrected chi connectivity index (χ4v) is 14.2. The van der Waals surface area contributed by atoms with E-state index < -0.39 is 55.8 Å². The number of carbonyl (C=O) groups excluding carboxylic acids is 6. The predicted molar refractivity (Wildman–Crippen MR) is 258 cm³/mol. The normalized spacial score (nSPS) is 22.6. The zero-order valence-corrected chi connectivity index (χ0v) is 40.9. The summed E-state index contributed by atoms with van der Waals surface area (Å²) >= 11 is 0. The lowest BCUT2D eigenvalue weighted by Crippen LogP contribution is -2.68. The topological polar surface area (TPSA) is 163 Å². The first kappa shape index (κ1) is 50.2. The Morgan fingerprint density at radius 3 is 2.03 bits per heavy atom. The van der Waals surface area contributed by atoms with Gasteiger partial charge in [-0.2, -0.15) is 0 Å². The number of ketones is 1. The highest BCUT2D eigenvalue weighted by molar-refractivity contribution is 6.99. The smallest absolute Gasteiger partial charge is 0.262 e. The molecule has 13 nitrogen and oxygen atoms in total. The molecule has 3 heterocycles. The van der Waals surface area contributed by atoms with Crippen molar-refractivity contribution < 1.29 is 37.9 Å². The monoisotopic (exact) mass is 922 g/mol. The fourth-order valence-electron chi connectivity index (χ4n) is 9.57. The van der Waals surface area contributed by atoms with E-state index in [0.29, 0.717) is 90.6 Å². The van der Waals surface area contributed by atoms with Crippen LogP contribution in [0.5, 0.6) is 0 Å². The molecule has 3 N–H and O–H groups in total. The number of nitrogens with one attached hydrogen (secondary N) is 3. The largest absolute Gasteiger partial charge is 0.398 e. The first-order valence-corrected chi connectivity index (χ1v) is 26.0. The maximum absolute atomic E-state index is 14.4. The fraction of sp³-hybridized carbons (Fsp3) is 0.538. The van der Waals surface area contributed by atoms with E-state index in [1.807, 2.05) is 72.5 Å². The second-order valence-corrected chi connectivity index (χ2v) is 23.7. The van der Waals surface area contributed by atoms with E-state index in [1.54, 1.807) is 18.7 Å². The number of fused-ring (bicyclic) bond motifs is 1. The van der Waals surface area contributed by atoms with Crippen molar-refractivity contribution in [1.29, 1.82) is 0 Å². The number of carbonyl (C=O) groups is 6. The van der Waals surface area contributed by atoms with Crippen molar-refractivity contribution in [2.24, 2.45) is 0 Å². The molecule has 0 unspecified atom stereocenters. The molecule has 66 heavy (non-hydrogen) atoms.